The van der Waals surface area contributed by atoms with Crippen molar-refractivity contribution in [2.45, 2.75) is 56.9 Å². The first-order valence-corrected chi connectivity index (χ1v) is 8.65. The van der Waals surface area contributed by atoms with Crippen molar-refractivity contribution in [2.24, 2.45) is 0 Å². The Morgan fingerprint density at radius 1 is 1.21 bits per heavy atom. The first kappa shape index (κ1) is 15.0. The molecule has 3 aliphatic rings. The molecule has 2 heterocycles. The summed E-state index contributed by atoms with van der Waals surface area (Å²) in [6.45, 7) is 2.23. The number of nitrogens with zero attached hydrogens (tertiary/aromatic N) is 3. The molecule has 4 heteroatoms. The monoisotopic (exact) mass is 317 g/mol. The fourth-order valence-electron chi connectivity index (χ4n) is 4.98. The first-order chi connectivity index (χ1) is 11.6. The van der Waals surface area contributed by atoms with Gasteiger partial charge in [0, 0.05) is 11.1 Å². The second-order valence-corrected chi connectivity index (χ2v) is 7.25. The van der Waals surface area contributed by atoms with Crippen molar-refractivity contribution in [1.82, 2.24) is 0 Å². The zero-order valence-corrected chi connectivity index (χ0v) is 13.8. The minimum atomic E-state index is -0.149. The SMILES string of the molecule is CC1CC2(CCCCC2)N2C(=O)C(=C(C#N)C#N)c3cccc1c32. The molecule has 1 aliphatic carbocycles. The van der Waals surface area contributed by atoms with E-state index in [1.165, 1.54) is 12.0 Å². The Labute approximate surface area is 142 Å². The summed E-state index contributed by atoms with van der Waals surface area (Å²) in [4.78, 5) is 15.2. The Kier molecular flexibility index (Phi) is 3.25. The molecule has 1 aromatic rings. The second kappa shape index (κ2) is 5.21. The highest BCUT2D eigenvalue weighted by molar-refractivity contribution is 6.35. The van der Waals surface area contributed by atoms with Gasteiger partial charge in [0.2, 0.25) is 0 Å². The maximum Gasteiger partial charge on any atom is 0.261 e. The highest BCUT2D eigenvalue weighted by Crippen LogP contribution is 2.55. The molecule has 1 saturated carbocycles. The molecule has 1 aromatic carbocycles. The van der Waals surface area contributed by atoms with Gasteiger partial charge in [0.1, 0.15) is 17.7 Å². The normalized spacial score (nSPS) is 23.6. The molecule has 1 fully saturated rings. The van der Waals surface area contributed by atoms with E-state index in [4.69, 9.17) is 0 Å². The topological polar surface area (TPSA) is 67.9 Å². The van der Waals surface area contributed by atoms with E-state index < -0.39 is 0 Å². The van der Waals surface area contributed by atoms with E-state index in [9.17, 15) is 15.3 Å². The fraction of sp³-hybridized carbons (Fsp3) is 0.450. The Bertz CT molecular complexity index is 831. The quantitative estimate of drug-likeness (QED) is 0.535. The average molecular weight is 317 g/mol. The van der Waals surface area contributed by atoms with Crippen LogP contribution in [0.4, 0.5) is 5.69 Å². The van der Waals surface area contributed by atoms with E-state index >= 15 is 0 Å². The molecule has 1 atom stereocenters. The fourth-order valence-corrected chi connectivity index (χ4v) is 4.98. The standard InChI is InChI=1S/C20H19N3O/c1-13-10-20(8-3-2-4-9-20)23-18-15(13)6-5-7-16(18)17(19(23)24)14(11-21)12-22/h5-7,13H,2-4,8-10H2,1H3. The van der Waals surface area contributed by atoms with Gasteiger partial charge in [0.05, 0.1) is 11.3 Å². The molecule has 4 rings (SSSR count). The third kappa shape index (κ3) is 1.80. The van der Waals surface area contributed by atoms with Gasteiger partial charge in [-0.05, 0) is 30.7 Å². The average Bonchev–Trinajstić information content (AvgIpc) is 2.89. The number of amides is 1. The van der Waals surface area contributed by atoms with Crippen molar-refractivity contribution in [3.8, 4) is 12.1 Å². The third-order valence-corrected chi connectivity index (χ3v) is 5.93. The van der Waals surface area contributed by atoms with Crippen LogP contribution < -0.4 is 4.90 Å². The van der Waals surface area contributed by atoms with Gasteiger partial charge in [-0.15, -0.1) is 0 Å². The van der Waals surface area contributed by atoms with Crippen LogP contribution in [0.3, 0.4) is 0 Å². The van der Waals surface area contributed by atoms with E-state index in [1.54, 1.807) is 0 Å². The van der Waals surface area contributed by atoms with E-state index in [2.05, 4.69) is 13.0 Å². The number of benzene rings is 1. The predicted molar refractivity (Wildman–Crippen MR) is 90.9 cm³/mol. The summed E-state index contributed by atoms with van der Waals surface area (Å²) in [5.74, 6) is 0.235. The number of anilines is 1. The van der Waals surface area contributed by atoms with Gasteiger partial charge in [0.15, 0.2) is 0 Å². The van der Waals surface area contributed by atoms with E-state index in [0.717, 1.165) is 43.4 Å². The summed E-state index contributed by atoms with van der Waals surface area (Å²) in [5.41, 5.74) is 2.99. The molecule has 0 bridgehead atoms. The molecule has 2 aliphatic heterocycles. The van der Waals surface area contributed by atoms with Crippen LogP contribution in [0.1, 0.15) is 62.5 Å². The molecular formula is C20H19N3O. The Morgan fingerprint density at radius 2 is 1.92 bits per heavy atom. The summed E-state index contributed by atoms with van der Waals surface area (Å²) >= 11 is 0. The molecule has 0 N–H and O–H groups in total. The van der Waals surface area contributed by atoms with Gasteiger partial charge in [-0.3, -0.25) is 4.79 Å². The molecule has 1 unspecified atom stereocenters. The minimum Gasteiger partial charge on any atom is -0.301 e. The van der Waals surface area contributed by atoms with Crippen LogP contribution in [0.2, 0.25) is 0 Å². The van der Waals surface area contributed by atoms with Crippen molar-refractivity contribution in [2.75, 3.05) is 4.90 Å². The highest BCUT2D eigenvalue weighted by Gasteiger charge is 2.52. The number of allylic oxidation sites excluding steroid dienone is 1. The molecule has 4 nitrogen and oxygen atoms in total. The molecule has 1 amide bonds. The second-order valence-electron chi connectivity index (χ2n) is 7.25. The van der Waals surface area contributed by atoms with Gasteiger partial charge < -0.3 is 4.90 Å². The molecule has 0 saturated heterocycles. The smallest absolute Gasteiger partial charge is 0.261 e. The highest BCUT2D eigenvalue weighted by atomic mass is 16.2. The van der Waals surface area contributed by atoms with Gasteiger partial charge in [-0.2, -0.15) is 10.5 Å². The lowest BCUT2D eigenvalue weighted by Gasteiger charge is -2.50. The largest absolute Gasteiger partial charge is 0.301 e. The summed E-state index contributed by atoms with van der Waals surface area (Å²) in [7, 11) is 0. The van der Waals surface area contributed by atoms with Crippen LogP contribution in [0, 0.1) is 22.7 Å². The Hall–Kier alpha value is -2.59. The maximum absolute atomic E-state index is 13.3. The third-order valence-electron chi connectivity index (χ3n) is 5.93. The van der Waals surface area contributed by atoms with Gasteiger partial charge in [0.25, 0.3) is 5.91 Å². The minimum absolute atomic E-state index is 0.0681. The van der Waals surface area contributed by atoms with Crippen LogP contribution >= 0.6 is 0 Å². The van der Waals surface area contributed by atoms with Crippen LogP contribution in [-0.4, -0.2) is 11.4 Å². The number of nitriles is 2. The lowest BCUT2D eigenvalue weighted by Crippen LogP contribution is -2.54. The molecule has 0 aromatic heterocycles. The molecule has 1 spiro atoms. The van der Waals surface area contributed by atoms with Gasteiger partial charge >= 0.3 is 0 Å². The van der Waals surface area contributed by atoms with E-state index in [-0.39, 0.29) is 17.0 Å². The van der Waals surface area contributed by atoms with E-state index in [0.29, 0.717) is 11.5 Å². The van der Waals surface area contributed by atoms with Crippen LogP contribution in [0.25, 0.3) is 5.57 Å². The predicted octanol–water partition coefficient (Wildman–Crippen LogP) is 4.04. The zero-order valence-electron chi connectivity index (χ0n) is 13.8. The lowest BCUT2D eigenvalue weighted by molar-refractivity contribution is -0.114. The molecular weight excluding hydrogens is 298 g/mol. The maximum atomic E-state index is 13.3. The number of para-hydroxylation sites is 1. The van der Waals surface area contributed by atoms with Crippen molar-refractivity contribution >= 4 is 17.2 Å². The summed E-state index contributed by atoms with van der Waals surface area (Å²) < 4.78 is 0. The number of carbonyl (C=O) groups excluding carboxylic acids is 1. The first-order valence-electron chi connectivity index (χ1n) is 8.65. The molecule has 120 valence electrons. The number of rotatable bonds is 0. The van der Waals surface area contributed by atoms with Crippen LogP contribution in [0.15, 0.2) is 23.8 Å². The Balaban J connectivity index is 2.01. The van der Waals surface area contributed by atoms with Crippen molar-refractivity contribution in [3.63, 3.8) is 0 Å². The Morgan fingerprint density at radius 3 is 2.58 bits per heavy atom. The summed E-state index contributed by atoms with van der Waals surface area (Å²) in [5, 5.41) is 18.7. The number of hydrogen-bond acceptors (Lipinski definition) is 3. The lowest BCUT2D eigenvalue weighted by atomic mass is 9.70. The zero-order chi connectivity index (χ0) is 16.9. The summed E-state index contributed by atoms with van der Waals surface area (Å²) in [6, 6.07) is 9.75. The summed E-state index contributed by atoms with van der Waals surface area (Å²) in [6.07, 6.45) is 6.48. The van der Waals surface area contributed by atoms with Gasteiger partial charge in [-0.1, -0.05) is 44.4 Å². The molecule has 0 radical (unpaired) electrons. The number of carbonyl (C=O) groups is 1. The molecule has 24 heavy (non-hydrogen) atoms. The number of fused-ring (bicyclic) bond motifs is 1. The van der Waals surface area contributed by atoms with Crippen molar-refractivity contribution in [3.05, 3.63) is 34.9 Å². The number of hydrogen-bond donors (Lipinski definition) is 0. The van der Waals surface area contributed by atoms with E-state index in [1.807, 2.05) is 29.2 Å². The van der Waals surface area contributed by atoms with Crippen molar-refractivity contribution in [1.29, 1.82) is 10.5 Å². The van der Waals surface area contributed by atoms with Crippen LogP contribution in [0.5, 0.6) is 0 Å². The van der Waals surface area contributed by atoms with Crippen molar-refractivity contribution < 1.29 is 4.79 Å². The van der Waals surface area contributed by atoms with Crippen LogP contribution in [-0.2, 0) is 4.79 Å². The van der Waals surface area contributed by atoms with Gasteiger partial charge in [-0.25, -0.2) is 0 Å².